The van der Waals surface area contributed by atoms with Crippen LogP contribution >= 0.6 is 22.7 Å². The van der Waals surface area contributed by atoms with E-state index in [4.69, 9.17) is 4.98 Å². The lowest BCUT2D eigenvalue weighted by Crippen LogP contribution is -2.25. The van der Waals surface area contributed by atoms with Crippen molar-refractivity contribution in [2.75, 3.05) is 6.54 Å². The van der Waals surface area contributed by atoms with Crippen molar-refractivity contribution in [1.29, 1.82) is 0 Å². The number of hydrogen-bond acceptors (Lipinski definition) is 6. The van der Waals surface area contributed by atoms with Gasteiger partial charge in [-0.1, -0.05) is 18.2 Å². The Kier molecular flexibility index (Phi) is 5.90. The highest BCUT2D eigenvalue weighted by Crippen LogP contribution is 2.27. The van der Waals surface area contributed by atoms with Gasteiger partial charge < -0.3 is 5.32 Å². The molecule has 1 amide bonds. The number of para-hydroxylation sites is 1. The lowest BCUT2D eigenvalue weighted by molar-refractivity contribution is 0.0949. The minimum absolute atomic E-state index is 0.128. The van der Waals surface area contributed by atoms with Crippen LogP contribution in [0.5, 0.6) is 0 Å². The average molecular weight is 450 g/mol. The van der Waals surface area contributed by atoms with Gasteiger partial charge in [0.25, 0.3) is 5.91 Å². The third-order valence-electron chi connectivity index (χ3n) is 5.33. The quantitative estimate of drug-likeness (QED) is 0.415. The first kappa shape index (κ1) is 20.1. The molecule has 5 rings (SSSR count). The number of hydrogen-bond donors (Lipinski definition) is 1. The number of carbonyl (C=O) groups excluding carboxylic acids is 1. The molecule has 0 aliphatic heterocycles. The standard InChI is InChI=1S/C23H23N5OS2/c29-22(24-12-6-11-21-26-18-9-4-5-10-20(18)31-21)19-15-30-23(27-19)16-13-25-28(14-16)17-7-2-1-3-8-17/h1-3,7-8,13-15H,4-6,9-12H2,(H,24,29). The summed E-state index contributed by atoms with van der Waals surface area (Å²) < 4.78 is 1.81. The summed E-state index contributed by atoms with van der Waals surface area (Å²) in [4.78, 5) is 23.2. The molecule has 0 spiro atoms. The zero-order chi connectivity index (χ0) is 21.0. The molecule has 1 N–H and O–H groups in total. The van der Waals surface area contributed by atoms with E-state index in [0.717, 1.165) is 35.5 Å². The number of aryl methyl sites for hydroxylation is 3. The van der Waals surface area contributed by atoms with Crippen LogP contribution in [0.3, 0.4) is 0 Å². The lowest BCUT2D eigenvalue weighted by atomic mass is 10.0. The summed E-state index contributed by atoms with van der Waals surface area (Å²) in [5.74, 6) is -0.128. The van der Waals surface area contributed by atoms with Gasteiger partial charge in [-0.25, -0.2) is 14.6 Å². The number of rotatable bonds is 7. The molecule has 0 bridgehead atoms. The molecule has 0 fully saturated rings. The normalized spacial score (nSPS) is 13.2. The highest BCUT2D eigenvalue weighted by Gasteiger charge is 2.16. The molecule has 4 aromatic rings. The minimum Gasteiger partial charge on any atom is -0.351 e. The molecule has 1 aliphatic rings. The first-order valence-electron chi connectivity index (χ1n) is 10.6. The molecule has 158 valence electrons. The van der Waals surface area contributed by atoms with Crippen molar-refractivity contribution >= 4 is 28.6 Å². The maximum absolute atomic E-state index is 12.5. The molecule has 1 aromatic carbocycles. The topological polar surface area (TPSA) is 72.7 Å². The van der Waals surface area contributed by atoms with Crippen LogP contribution in [0.2, 0.25) is 0 Å². The van der Waals surface area contributed by atoms with Gasteiger partial charge in [0.05, 0.1) is 22.6 Å². The summed E-state index contributed by atoms with van der Waals surface area (Å²) in [6.45, 7) is 0.627. The van der Waals surface area contributed by atoms with E-state index in [9.17, 15) is 4.79 Å². The number of nitrogens with zero attached hydrogens (tertiary/aromatic N) is 4. The second-order valence-corrected chi connectivity index (χ2v) is 9.62. The lowest BCUT2D eigenvalue weighted by Gasteiger charge is -2.06. The van der Waals surface area contributed by atoms with Crippen LogP contribution in [0.15, 0.2) is 48.1 Å². The van der Waals surface area contributed by atoms with Crippen molar-refractivity contribution in [3.63, 3.8) is 0 Å². The van der Waals surface area contributed by atoms with E-state index in [-0.39, 0.29) is 5.91 Å². The number of aromatic nitrogens is 4. The summed E-state index contributed by atoms with van der Waals surface area (Å²) in [5, 5.41) is 11.2. The van der Waals surface area contributed by atoms with Gasteiger partial charge in [-0.05, 0) is 44.2 Å². The fourth-order valence-electron chi connectivity index (χ4n) is 3.71. The number of amides is 1. The van der Waals surface area contributed by atoms with E-state index < -0.39 is 0 Å². The highest BCUT2D eigenvalue weighted by molar-refractivity contribution is 7.13. The van der Waals surface area contributed by atoms with Crippen LogP contribution in [0.25, 0.3) is 16.3 Å². The van der Waals surface area contributed by atoms with Gasteiger partial charge in [0.1, 0.15) is 10.7 Å². The molecule has 1 aliphatic carbocycles. The predicted octanol–water partition coefficient (Wildman–Crippen LogP) is 4.69. The molecule has 3 aromatic heterocycles. The zero-order valence-corrected chi connectivity index (χ0v) is 18.7. The van der Waals surface area contributed by atoms with Crippen molar-refractivity contribution in [1.82, 2.24) is 25.1 Å². The Bertz CT molecular complexity index is 1150. The van der Waals surface area contributed by atoms with E-state index in [1.807, 2.05) is 52.5 Å². The van der Waals surface area contributed by atoms with Crippen LogP contribution in [0, 0.1) is 0 Å². The summed E-state index contributed by atoms with van der Waals surface area (Å²) in [6, 6.07) is 9.93. The molecule has 0 saturated carbocycles. The summed E-state index contributed by atoms with van der Waals surface area (Å²) >= 11 is 3.31. The number of fused-ring (bicyclic) bond motifs is 1. The third-order valence-corrected chi connectivity index (χ3v) is 7.44. The van der Waals surface area contributed by atoms with Crippen molar-refractivity contribution in [2.24, 2.45) is 0 Å². The van der Waals surface area contributed by atoms with E-state index in [1.165, 1.54) is 46.2 Å². The van der Waals surface area contributed by atoms with E-state index >= 15 is 0 Å². The van der Waals surface area contributed by atoms with Crippen LogP contribution < -0.4 is 5.32 Å². The first-order valence-corrected chi connectivity index (χ1v) is 12.3. The van der Waals surface area contributed by atoms with Gasteiger partial charge in [-0.3, -0.25) is 4.79 Å². The SMILES string of the molecule is O=C(NCCCc1nc2c(s1)CCCC2)c1csc(-c2cnn(-c3ccccc3)c2)n1. The summed E-state index contributed by atoms with van der Waals surface area (Å²) in [5.41, 5.74) is 3.66. The molecule has 3 heterocycles. The third kappa shape index (κ3) is 4.60. The van der Waals surface area contributed by atoms with Gasteiger partial charge in [0, 0.05) is 35.0 Å². The maximum Gasteiger partial charge on any atom is 0.270 e. The number of thiazole rings is 2. The van der Waals surface area contributed by atoms with Crippen molar-refractivity contribution in [3.05, 3.63) is 69.4 Å². The molecule has 6 nitrogen and oxygen atoms in total. The number of benzene rings is 1. The van der Waals surface area contributed by atoms with Crippen molar-refractivity contribution in [3.8, 4) is 16.3 Å². The van der Waals surface area contributed by atoms with Crippen LogP contribution in [0.1, 0.15) is 45.3 Å². The first-order chi connectivity index (χ1) is 15.3. The van der Waals surface area contributed by atoms with E-state index in [2.05, 4.69) is 15.4 Å². The molecule has 0 atom stereocenters. The predicted molar refractivity (Wildman–Crippen MR) is 124 cm³/mol. The largest absolute Gasteiger partial charge is 0.351 e. The molecule has 0 radical (unpaired) electrons. The zero-order valence-electron chi connectivity index (χ0n) is 17.1. The Morgan fingerprint density at radius 2 is 2.00 bits per heavy atom. The Morgan fingerprint density at radius 3 is 2.87 bits per heavy atom. The molecule has 8 heteroatoms. The van der Waals surface area contributed by atoms with Gasteiger partial charge in [-0.2, -0.15) is 5.10 Å². The van der Waals surface area contributed by atoms with Crippen LogP contribution in [-0.2, 0) is 19.3 Å². The Balaban J connectivity index is 1.14. The monoisotopic (exact) mass is 449 g/mol. The summed E-state index contributed by atoms with van der Waals surface area (Å²) in [7, 11) is 0. The second-order valence-electron chi connectivity index (χ2n) is 7.59. The Hall–Kier alpha value is -2.84. The van der Waals surface area contributed by atoms with Crippen molar-refractivity contribution in [2.45, 2.75) is 38.5 Å². The summed E-state index contributed by atoms with van der Waals surface area (Å²) in [6.07, 6.45) is 10.4. The van der Waals surface area contributed by atoms with Crippen LogP contribution in [-0.4, -0.2) is 32.2 Å². The van der Waals surface area contributed by atoms with Crippen LogP contribution in [0.4, 0.5) is 0 Å². The second kappa shape index (κ2) is 9.11. The smallest absolute Gasteiger partial charge is 0.270 e. The van der Waals surface area contributed by atoms with Gasteiger partial charge in [0.15, 0.2) is 0 Å². The van der Waals surface area contributed by atoms with Gasteiger partial charge >= 0.3 is 0 Å². The van der Waals surface area contributed by atoms with Crippen molar-refractivity contribution < 1.29 is 4.79 Å². The Morgan fingerprint density at radius 1 is 1.13 bits per heavy atom. The van der Waals surface area contributed by atoms with Gasteiger partial charge in [0.2, 0.25) is 0 Å². The molecule has 0 unspecified atom stereocenters. The maximum atomic E-state index is 12.5. The molecule has 0 saturated heterocycles. The van der Waals surface area contributed by atoms with E-state index in [0.29, 0.717) is 12.2 Å². The van der Waals surface area contributed by atoms with Gasteiger partial charge in [-0.15, -0.1) is 22.7 Å². The molecular weight excluding hydrogens is 426 g/mol. The average Bonchev–Trinajstić information content (AvgIpc) is 3.56. The minimum atomic E-state index is -0.128. The fourth-order valence-corrected chi connectivity index (χ4v) is 5.68. The Labute approximate surface area is 189 Å². The number of carbonyl (C=O) groups is 1. The highest BCUT2D eigenvalue weighted by atomic mass is 32.1. The fraction of sp³-hybridized carbons (Fsp3) is 0.304. The molecule has 31 heavy (non-hydrogen) atoms. The van der Waals surface area contributed by atoms with E-state index in [1.54, 1.807) is 11.6 Å². The number of nitrogens with one attached hydrogen (secondary N) is 1. The molecular formula is C23H23N5OS2.